The lowest BCUT2D eigenvalue weighted by molar-refractivity contribution is 0.305. The monoisotopic (exact) mass is 427 g/mol. The summed E-state index contributed by atoms with van der Waals surface area (Å²) in [6, 6.07) is 11.4. The zero-order valence-corrected chi connectivity index (χ0v) is 17.9. The number of rotatable bonds is 6. The van der Waals surface area contributed by atoms with Gasteiger partial charge in [0.05, 0.1) is 26.3 Å². The van der Waals surface area contributed by atoms with Gasteiger partial charge in [0.25, 0.3) is 0 Å². The first kappa shape index (κ1) is 19.1. The zero-order chi connectivity index (χ0) is 19.5. The fourth-order valence-electron chi connectivity index (χ4n) is 2.76. The van der Waals surface area contributed by atoms with Crippen LogP contribution in [0.5, 0.6) is 5.75 Å². The van der Waals surface area contributed by atoms with Crippen molar-refractivity contribution in [3.63, 3.8) is 0 Å². The van der Waals surface area contributed by atoms with Crippen molar-refractivity contribution in [1.82, 2.24) is 15.0 Å². The average molecular weight is 428 g/mol. The smallest absolute Gasteiger partial charge is 0.119 e. The molecule has 0 saturated carbocycles. The van der Waals surface area contributed by atoms with E-state index in [1.807, 2.05) is 56.4 Å². The maximum atomic E-state index is 5.89. The van der Waals surface area contributed by atoms with Crippen LogP contribution < -0.4 is 4.74 Å². The summed E-state index contributed by atoms with van der Waals surface area (Å²) in [7, 11) is 0. The van der Waals surface area contributed by atoms with E-state index in [9.17, 15) is 0 Å². The summed E-state index contributed by atoms with van der Waals surface area (Å²) in [5.74, 6) is 0.789. The van der Waals surface area contributed by atoms with E-state index >= 15 is 0 Å². The first-order chi connectivity index (χ1) is 13.6. The number of nitrogens with zero attached hydrogens (tertiary/aromatic N) is 3. The van der Waals surface area contributed by atoms with Crippen LogP contribution in [0.15, 0.2) is 48.0 Å². The summed E-state index contributed by atoms with van der Waals surface area (Å²) in [5, 5.41) is 4.92. The molecule has 0 aliphatic heterocycles. The van der Waals surface area contributed by atoms with Crippen LogP contribution in [0.1, 0.15) is 27.0 Å². The summed E-state index contributed by atoms with van der Waals surface area (Å²) < 4.78 is 5.76. The highest BCUT2D eigenvalue weighted by Gasteiger charge is 2.12. The van der Waals surface area contributed by atoms with Gasteiger partial charge in [-0.1, -0.05) is 17.7 Å². The van der Waals surface area contributed by atoms with Gasteiger partial charge in [-0.15, -0.1) is 22.7 Å². The van der Waals surface area contributed by atoms with Crippen LogP contribution in [0, 0.1) is 13.8 Å². The first-order valence-corrected chi connectivity index (χ1v) is 10.9. The van der Waals surface area contributed by atoms with Gasteiger partial charge in [-0.3, -0.25) is 4.98 Å². The molecule has 7 heteroatoms. The highest BCUT2D eigenvalue weighted by atomic mass is 35.5. The summed E-state index contributed by atoms with van der Waals surface area (Å²) in [6.45, 7) is 4.53. The van der Waals surface area contributed by atoms with E-state index < -0.39 is 0 Å². The van der Waals surface area contributed by atoms with Gasteiger partial charge in [0, 0.05) is 34.3 Å². The predicted octanol–water partition coefficient (Wildman–Crippen LogP) is 6.10. The molecule has 3 heterocycles. The molecule has 0 amide bonds. The van der Waals surface area contributed by atoms with Crippen molar-refractivity contribution in [2.45, 2.75) is 26.9 Å². The quantitative estimate of drug-likeness (QED) is 0.373. The van der Waals surface area contributed by atoms with Crippen LogP contribution in [0.2, 0.25) is 5.02 Å². The Hall–Kier alpha value is -2.28. The first-order valence-electron chi connectivity index (χ1n) is 8.78. The van der Waals surface area contributed by atoms with Crippen molar-refractivity contribution < 1.29 is 4.74 Å². The Morgan fingerprint density at radius 1 is 1.04 bits per heavy atom. The molecule has 3 aromatic heterocycles. The Morgan fingerprint density at radius 3 is 2.54 bits per heavy atom. The number of benzene rings is 1. The second-order valence-electron chi connectivity index (χ2n) is 6.35. The van der Waals surface area contributed by atoms with Crippen LogP contribution in [0.25, 0.3) is 10.6 Å². The number of hydrogen-bond donors (Lipinski definition) is 0. The van der Waals surface area contributed by atoms with E-state index in [0.29, 0.717) is 11.6 Å². The van der Waals surface area contributed by atoms with E-state index in [1.54, 1.807) is 22.7 Å². The molecule has 0 radical (unpaired) electrons. The van der Waals surface area contributed by atoms with Gasteiger partial charge in [-0.2, -0.15) is 0 Å². The summed E-state index contributed by atoms with van der Waals surface area (Å²) in [4.78, 5) is 15.0. The number of thiazole rings is 2. The summed E-state index contributed by atoms with van der Waals surface area (Å²) >= 11 is 9.24. The maximum Gasteiger partial charge on any atom is 0.119 e. The minimum Gasteiger partial charge on any atom is -0.489 e. The highest BCUT2D eigenvalue weighted by Crippen LogP contribution is 2.31. The number of halogens is 1. The van der Waals surface area contributed by atoms with Gasteiger partial charge in [0.2, 0.25) is 0 Å². The molecule has 0 fully saturated rings. The van der Waals surface area contributed by atoms with Crippen LogP contribution in [0.4, 0.5) is 0 Å². The number of pyridine rings is 1. The summed E-state index contributed by atoms with van der Waals surface area (Å²) in [6.07, 6.45) is 2.58. The van der Waals surface area contributed by atoms with E-state index in [0.717, 1.165) is 49.7 Å². The third-order valence-corrected chi connectivity index (χ3v) is 6.32. The molecule has 4 nitrogen and oxygen atoms in total. The second kappa shape index (κ2) is 8.39. The SMILES string of the molecule is Cc1nc(C)c(-c2csc(Cc3ccc(COc4ccc(Cl)cc4)cn3)n2)s1. The molecule has 0 atom stereocenters. The highest BCUT2D eigenvalue weighted by molar-refractivity contribution is 7.15. The third-order valence-electron chi connectivity index (χ3n) is 4.13. The largest absolute Gasteiger partial charge is 0.489 e. The molecule has 4 rings (SSSR count). The van der Waals surface area contributed by atoms with Crippen molar-refractivity contribution in [2.75, 3.05) is 0 Å². The lowest BCUT2D eigenvalue weighted by Gasteiger charge is -2.06. The Labute approximate surface area is 176 Å². The maximum absolute atomic E-state index is 5.89. The van der Waals surface area contributed by atoms with Gasteiger partial charge in [-0.05, 0) is 44.2 Å². The lowest BCUT2D eigenvalue weighted by Crippen LogP contribution is -1.98. The Balaban J connectivity index is 1.38. The third kappa shape index (κ3) is 4.58. The molecule has 142 valence electrons. The van der Waals surface area contributed by atoms with Crippen LogP contribution >= 0.6 is 34.3 Å². The second-order valence-corrected chi connectivity index (χ2v) is 8.93. The molecular formula is C21H18ClN3OS2. The Kier molecular flexibility index (Phi) is 5.71. The standard InChI is InChI=1S/C21H18ClN3OS2/c1-13-21(28-14(2)24-13)19-12-27-20(25-19)9-17-6-3-15(10-23-17)11-26-18-7-4-16(22)5-8-18/h3-8,10,12H,9,11H2,1-2H3. The van der Waals surface area contributed by atoms with Gasteiger partial charge in [-0.25, -0.2) is 9.97 Å². The molecule has 0 saturated heterocycles. The van der Waals surface area contributed by atoms with Crippen molar-refractivity contribution in [1.29, 1.82) is 0 Å². The average Bonchev–Trinajstić information content (AvgIpc) is 3.28. The molecule has 0 N–H and O–H groups in total. The molecular weight excluding hydrogens is 410 g/mol. The van der Waals surface area contributed by atoms with Gasteiger partial charge in [0.1, 0.15) is 12.4 Å². The fraction of sp³-hybridized carbons (Fsp3) is 0.190. The predicted molar refractivity (Wildman–Crippen MR) is 116 cm³/mol. The number of hydrogen-bond acceptors (Lipinski definition) is 6. The van der Waals surface area contributed by atoms with Gasteiger partial charge >= 0.3 is 0 Å². The normalized spacial score (nSPS) is 11.0. The van der Waals surface area contributed by atoms with Gasteiger partial charge < -0.3 is 4.74 Å². The number of aryl methyl sites for hydroxylation is 2. The Bertz CT molecular complexity index is 1070. The minimum absolute atomic E-state index is 0.473. The zero-order valence-electron chi connectivity index (χ0n) is 15.5. The Morgan fingerprint density at radius 2 is 1.86 bits per heavy atom. The van der Waals surface area contributed by atoms with E-state index in [4.69, 9.17) is 21.3 Å². The fourth-order valence-corrected chi connectivity index (χ4v) is 4.64. The van der Waals surface area contributed by atoms with Gasteiger partial charge in [0.15, 0.2) is 0 Å². The molecule has 28 heavy (non-hydrogen) atoms. The van der Waals surface area contributed by atoms with Crippen LogP contribution in [-0.4, -0.2) is 15.0 Å². The minimum atomic E-state index is 0.473. The van der Waals surface area contributed by atoms with Crippen LogP contribution in [0.3, 0.4) is 0 Å². The molecule has 0 aliphatic rings. The molecule has 0 bridgehead atoms. The topological polar surface area (TPSA) is 47.9 Å². The molecule has 0 spiro atoms. The van der Waals surface area contributed by atoms with Crippen molar-refractivity contribution in [3.05, 3.63) is 80.0 Å². The van der Waals surface area contributed by atoms with E-state index in [2.05, 4.69) is 15.3 Å². The lowest BCUT2D eigenvalue weighted by atomic mass is 10.2. The molecule has 4 aromatic rings. The summed E-state index contributed by atoms with van der Waals surface area (Å²) in [5.41, 5.74) is 4.07. The van der Waals surface area contributed by atoms with Crippen molar-refractivity contribution >= 4 is 34.3 Å². The van der Waals surface area contributed by atoms with Crippen molar-refractivity contribution in [3.8, 4) is 16.3 Å². The van der Waals surface area contributed by atoms with Crippen molar-refractivity contribution in [2.24, 2.45) is 0 Å². The number of ether oxygens (including phenoxy) is 1. The molecule has 0 aliphatic carbocycles. The number of aromatic nitrogens is 3. The molecule has 1 aromatic carbocycles. The van der Waals surface area contributed by atoms with E-state index in [1.165, 1.54) is 0 Å². The van der Waals surface area contributed by atoms with E-state index in [-0.39, 0.29) is 0 Å². The molecule has 0 unspecified atom stereocenters. The van der Waals surface area contributed by atoms with Crippen LogP contribution in [-0.2, 0) is 13.0 Å².